The first kappa shape index (κ1) is 17.8. The third kappa shape index (κ3) is 9.72. The summed E-state index contributed by atoms with van der Waals surface area (Å²) in [7, 11) is 0. The Morgan fingerprint density at radius 2 is 1.25 bits per heavy atom. The van der Waals surface area contributed by atoms with Gasteiger partial charge in [-0.1, -0.05) is 0 Å². The topological polar surface area (TPSA) is 17.1 Å². The van der Waals surface area contributed by atoms with E-state index in [1.807, 2.05) is 0 Å². The van der Waals surface area contributed by atoms with Crippen molar-refractivity contribution < 1.29 is 39.4 Å². The van der Waals surface area contributed by atoms with E-state index in [1.54, 1.807) is 0 Å². The van der Waals surface area contributed by atoms with Crippen molar-refractivity contribution in [1.29, 1.82) is 0 Å². The van der Waals surface area contributed by atoms with Crippen molar-refractivity contribution in [3.8, 4) is 0 Å². The van der Waals surface area contributed by atoms with E-state index in [1.165, 1.54) is 0 Å². The Balaban J connectivity index is -0.00000000500. The molecular weight excluding hydrogens is 288 g/mol. The summed E-state index contributed by atoms with van der Waals surface area (Å²) in [5.41, 5.74) is 0. The van der Waals surface area contributed by atoms with Crippen molar-refractivity contribution in [1.82, 2.24) is 0 Å². The monoisotopic (exact) mass is 292 g/mol. The summed E-state index contributed by atoms with van der Waals surface area (Å²) >= 11 is 0.472. The summed E-state index contributed by atoms with van der Waals surface area (Å²) in [4.78, 5) is 0. The van der Waals surface area contributed by atoms with Gasteiger partial charge in [-0.3, -0.25) is 0 Å². The van der Waals surface area contributed by atoms with Gasteiger partial charge < -0.3 is 0 Å². The summed E-state index contributed by atoms with van der Waals surface area (Å²) in [5.74, 6) is 0. The van der Waals surface area contributed by atoms with E-state index in [4.69, 9.17) is 3.47 Å². The normalized spacial score (nSPS) is 1.00. The first-order valence-corrected chi connectivity index (χ1v) is 1.26. The second kappa shape index (κ2) is 24.5. The van der Waals surface area contributed by atoms with Crippen molar-refractivity contribution in [2.75, 3.05) is 0 Å². The molecule has 0 rings (SSSR count). The molecule has 4 heteroatoms. The van der Waals surface area contributed by atoms with Crippen molar-refractivity contribution in [3.05, 3.63) is 0 Å². The summed E-state index contributed by atoms with van der Waals surface area (Å²) in [6, 6.07) is 0. The van der Waals surface area contributed by atoms with E-state index in [9.17, 15) is 0 Å². The third-order valence-electron chi connectivity index (χ3n) is 0. The van der Waals surface area contributed by atoms with Crippen LogP contribution in [0.5, 0.6) is 0 Å². The molecule has 0 spiro atoms. The Bertz CT molecular complexity index is 8.00. The molecule has 0 saturated heterocycles. The number of rotatable bonds is 0. The Morgan fingerprint density at radius 1 is 1.25 bits per heavy atom. The van der Waals surface area contributed by atoms with Gasteiger partial charge in [0.15, 0.2) is 17.4 Å². The van der Waals surface area contributed by atoms with Crippen LogP contribution in [0, 0.1) is 0 Å². The van der Waals surface area contributed by atoms with E-state index in [0.29, 0.717) is 19.2 Å². The molecule has 0 bridgehead atoms. The standard InChI is InChI=1S/Al.Co.O.Re.3H. The van der Waals surface area contributed by atoms with E-state index in [-0.39, 0.29) is 34.1 Å². The number of hydrogen-bond donors (Lipinski definition) is 0. The van der Waals surface area contributed by atoms with Gasteiger partial charge in [0.1, 0.15) is 0 Å². The molecule has 0 aliphatic carbocycles. The fourth-order valence-electron chi connectivity index (χ4n) is 0. The zero-order valence-corrected chi connectivity index (χ0v) is 4.88. The molecule has 0 aromatic carbocycles. The summed E-state index contributed by atoms with van der Waals surface area (Å²) in [5, 5.41) is 0. The van der Waals surface area contributed by atoms with Gasteiger partial charge in [0.2, 0.25) is 0 Å². The SMILES string of the molecule is [AlH3].[Co].[O]=[Re]. The maximum atomic E-state index is 8.31. The molecule has 0 N–H and O–H groups in total. The summed E-state index contributed by atoms with van der Waals surface area (Å²) < 4.78 is 8.31. The van der Waals surface area contributed by atoms with E-state index >= 15 is 0 Å². The fourth-order valence-corrected chi connectivity index (χ4v) is 0. The van der Waals surface area contributed by atoms with Crippen LogP contribution in [0.4, 0.5) is 0 Å². The maximum absolute atomic E-state index is 8.31. The molecule has 0 unspecified atom stereocenters. The minimum atomic E-state index is 0. The van der Waals surface area contributed by atoms with Crippen LogP contribution in [0.15, 0.2) is 0 Å². The molecule has 0 atom stereocenters. The quantitative estimate of drug-likeness (QED) is 0.507. The Morgan fingerprint density at radius 3 is 1.25 bits per heavy atom. The van der Waals surface area contributed by atoms with Gasteiger partial charge in [-0.25, -0.2) is 0 Å². The first-order chi connectivity index (χ1) is 1.00. The molecule has 0 aliphatic rings. The van der Waals surface area contributed by atoms with Gasteiger partial charge in [0, 0.05) is 16.8 Å². The summed E-state index contributed by atoms with van der Waals surface area (Å²) in [6.45, 7) is 0. The third-order valence-corrected chi connectivity index (χ3v) is 0. The average Bonchev–Trinajstić information content (AvgIpc) is 1.00. The Hall–Kier alpha value is 1.50. The van der Waals surface area contributed by atoms with Crippen molar-refractivity contribution in [2.24, 2.45) is 0 Å². The second-order valence-electron chi connectivity index (χ2n) is 0. The molecule has 0 aliphatic heterocycles. The van der Waals surface area contributed by atoms with Crippen molar-refractivity contribution in [2.45, 2.75) is 0 Å². The van der Waals surface area contributed by atoms with Crippen LogP contribution in [-0.2, 0) is 39.4 Å². The van der Waals surface area contributed by atoms with E-state index in [2.05, 4.69) is 0 Å². The molecule has 1 radical (unpaired) electrons. The molecule has 0 amide bonds. The predicted molar refractivity (Wildman–Crippen MR) is 10.6 cm³/mol. The van der Waals surface area contributed by atoms with Gasteiger partial charge >= 0.3 is 22.6 Å². The van der Waals surface area contributed by atoms with Crippen LogP contribution in [0.2, 0.25) is 0 Å². The van der Waals surface area contributed by atoms with Crippen LogP contribution in [0.3, 0.4) is 0 Å². The minimum absolute atomic E-state index is 0. The van der Waals surface area contributed by atoms with Gasteiger partial charge in [0.05, 0.1) is 0 Å². The molecule has 1 nitrogen and oxygen atoms in total. The van der Waals surface area contributed by atoms with E-state index < -0.39 is 0 Å². The molecule has 0 aromatic rings. The van der Waals surface area contributed by atoms with Crippen molar-refractivity contribution in [3.63, 3.8) is 0 Å². The molecular formula is H3AlCoORe. The van der Waals surface area contributed by atoms with Crippen LogP contribution < -0.4 is 0 Å². The fraction of sp³-hybridized carbons (Fsp3) is 0. The van der Waals surface area contributed by atoms with Gasteiger partial charge in [-0.15, -0.1) is 0 Å². The molecule has 28 valence electrons. The molecule has 0 fully saturated rings. The Kier molecular flexibility index (Phi) is 109. The molecule has 0 aromatic heterocycles. The second-order valence-corrected chi connectivity index (χ2v) is 0. The van der Waals surface area contributed by atoms with Gasteiger partial charge in [-0.2, -0.15) is 0 Å². The number of hydrogen-bond acceptors (Lipinski definition) is 1. The molecule has 0 saturated carbocycles. The summed E-state index contributed by atoms with van der Waals surface area (Å²) in [6.07, 6.45) is 0. The molecule has 0 heterocycles. The average molecular weight is 291 g/mol. The predicted octanol–water partition coefficient (Wildman–Crippen LogP) is -1.31. The zero-order valence-electron chi connectivity index (χ0n) is 1.12. The first-order valence-electron chi connectivity index (χ1n) is 0.154. The van der Waals surface area contributed by atoms with Crippen LogP contribution in [0.25, 0.3) is 0 Å². The van der Waals surface area contributed by atoms with Crippen LogP contribution >= 0.6 is 0 Å². The van der Waals surface area contributed by atoms with Gasteiger partial charge in [-0.05, 0) is 0 Å². The van der Waals surface area contributed by atoms with Crippen LogP contribution in [0.1, 0.15) is 0 Å². The van der Waals surface area contributed by atoms with Gasteiger partial charge in [0.25, 0.3) is 0 Å². The van der Waals surface area contributed by atoms with E-state index in [0.717, 1.165) is 0 Å². The molecule has 4 heavy (non-hydrogen) atoms. The Labute approximate surface area is 56.6 Å². The van der Waals surface area contributed by atoms with Crippen LogP contribution in [-0.4, -0.2) is 17.4 Å². The zero-order chi connectivity index (χ0) is 2.00. The van der Waals surface area contributed by atoms with Crippen molar-refractivity contribution >= 4 is 17.4 Å².